The summed E-state index contributed by atoms with van der Waals surface area (Å²) in [5.74, 6) is 1.40. The quantitative estimate of drug-likeness (QED) is 0.659. The van der Waals surface area contributed by atoms with E-state index in [4.69, 9.17) is 9.15 Å². The number of aromatic nitrogens is 2. The normalized spacial score (nSPS) is 13.6. The van der Waals surface area contributed by atoms with Crippen molar-refractivity contribution >= 4 is 0 Å². The highest BCUT2D eigenvalue weighted by atomic mass is 16.5. The molecule has 0 spiro atoms. The number of ether oxygens (including phenoxy) is 1. The van der Waals surface area contributed by atoms with E-state index >= 15 is 0 Å². The molecule has 0 bridgehead atoms. The first-order chi connectivity index (χ1) is 12.2. The molecule has 0 saturated heterocycles. The summed E-state index contributed by atoms with van der Waals surface area (Å²) in [6.45, 7) is 3.12. The number of rotatable bonds is 8. The highest BCUT2D eigenvalue weighted by molar-refractivity contribution is 5.38. The molecule has 2 atom stereocenters. The molecule has 1 aromatic carbocycles. The van der Waals surface area contributed by atoms with Gasteiger partial charge in [0.25, 0.3) is 0 Å². The molecule has 3 rings (SSSR count). The van der Waals surface area contributed by atoms with Gasteiger partial charge in [0.1, 0.15) is 17.6 Å². The number of furan rings is 1. The molecule has 3 aromatic rings. The Morgan fingerprint density at radius 1 is 1.32 bits per heavy atom. The number of nitrogens with zero attached hydrogens (tertiary/aromatic N) is 2. The van der Waals surface area contributed by atoms with Gasteiger partial charge in [0, 0.05) is 30.5 Å². The Bertz CT molecular complexity index is 769. The van der Waals surface area contributed by atoms with Gasteiger partial charge in [-0.25, -0.2) is 0 Å². The number of aliphatic hydroxyl groups excluding tert-OH is 1. The Kier molecular flexibility index (Phi) is 5.53. The van der Waals surface area contributed by atoms with Crippen molar-refractivity contribution in [1.82, 2.24) is 15.1 Å². The lowest BCUT2D eigenvalue weighted by molar-refractivity contribution is 0.144. The molecule has 6 heteroatoms. The highest BCUT2D eigenvalue weighted by Crippen LogP contribution is 2.24. The summed E-state index contributed by atoms with van der Waals surface area (Å²) in [5, 5.41) is 17.7. The fraction of sp³-hybridized carbons (Fsp3) is 0.316. The third-order valence-corrected chi connectivity index (χ3v) is 4.18. The predicted molar refractivity (Wildman–Crippen MR) is 94.4 cm³/mol. The lowest BCUT2D eigenvalue weighted by Crippen LogP contribution is -2.24. The van der Waals surface area contributed by atoms with E-state index < -0.39 is 6.10 Å². The Hall–Kier alpha value is -2.57. The van der Waals surface area contributed by atoms with Crippen molar-refractivity contribution in [3.05, 3.63) is 71.9 Å². The maximum atomic E-state index is 10.1. The second-order valence-electron chi connectivity index (χ2n) is 5.94. The van der Waals surface area contributed by atoms with E-state index in [0.29, 0.717) is 18.8 Å². The largest absolute Gasteiger partial charge is 0.496 e. The van der Waals surface area contributed by atoms with Gasteiger partial charge in [-0.2, -0.15) is 5.10 Å². The number of nitrogens with one attached hydrogen (secondary N) is 1. The van der Waals surface area contributed by atoms with Crippen LogP contribution in [-0.2, 0) is 6.54 Å². The Morgan fingerprint density at radius 2 is 2.20 bits per heavy atom. The first-order valence-electron chi connectivity index (χ1n) is 8.26. The van der Waals surface area contributed by atoms with Gasteiger partial charge in [0.15, 0.2) is 0 Å². The van der Waals surface area contributed by atoms with Gasteiger partial charge in [0.05, 0.1) is 19.9 Å². The molecule has 2 aromatic heterocycles. The summed E-state index contributed by atoms with van der Waals surface area (Å²) in [6, 6.07) is 11.6. The number of hydrogen-bond donors (Lipinski definition) is 2. The molecule has 25 heavy (non-hydrogen) atoms. The van der Waals surface area contributed by atoms with Crippen LogP contribution in [0, 0.1) is 0 Å². The van der Waals surface area contributed by atoms with Crippen LogP contribution in [-0.4, -0.2) is 28.5 Å². The SMILES string of the molecule is COc1ccc(C(C)NCC(O)c2ccco2)cc1Cn1cccn1. The zero-order chi connectivity index (χ0) is 17.6. The average molecular weight is 341 g/mol. The molecule has 0 amide bonds. The molecule has 0 aliphatic carbocycles. The highest BCUT2D eigenvalue weighted by Gasteiger charge is 2.14. The summed E-state index contributed by atoms with van der Waals surface area (Å²) in [5.41, 5.74) is 2.18. The van der Waals surface area contributed by atoms with Crippen molar-refractivity contribution in [3.8, 4) is 5.75 Å². The van der Waals surface area contributed by atoms with Crippen molar-refractivity contribution in [1.29, 1.82) is 0 Å². The molecule has 2 heterocycles. The molecular weight excluding hydrogens is 318 g/mol. The zero-order valence-electron chi connectivity index (χ0n) is 14.4. The number of hydrogen-bond acceptors (Lipinski definition) is 5. The van der Waals surface area contributed by atoms with Crippen molar-refractivity contribution in [2.45, 2.75) is 25.6 Å². The van der Waals surface area contributed by atoms with E-state index in [0.717, 1.165) is 16.9 Å². The van der Waals surface area contributed by atoms with E-state index in [9.17, 15) is 5.11 Å². The van der Waals surface area contributed by atoms with Crippen molar-refractivity contribution in [2.24, 2.45) is 0 Å². The topological polar surface area (TPSA) is 72.4 Å². The maximum absolute atomic E-state index is 10.1. The van der Waals surface area contributed by atoms with Gasteiger partial charge >= 0.3 is 0 Å². The molecular formula is C19H23N3O3. The standard InChI is InChI=1S/C19H23N3O3/c1-14(20-12-17(23)19-5-3-10-25-19)15-6-7-18(24-2)16(11-15)13-22-9-4-8-21-22/h3-11,14,17,20,23H,12-13H2,1-2H3. The number of aliphatic hydroxyl groups is 1. The van der Waals surface area contributed by atoms with Gasteiger partial charge in [-0.3, -0.25) is 4.68 Å². The van der Waals surface area contributed by atoms with Crippen LogP contribution in [0.2, 0.25) is 0 Å². The molecule has 2 N–H and O–H groups in total. The molecule has 0 fully saturated rings. The summed E-state index contributed by atoms with van der Waals surface area (Å²) in [7, 11) is 1.67. The van der Waals surface area contributed by atoms with Crippen LogP contribution < -0.4 is 10.1 Å². The molecule has 132 valence electrons. The summed E-state index contributed by atoms with van der Waals surface area (Å²) < 4.78 is 12.5. The monoisotopic (exact) mass is 341 g/mol. The minimum absolute atomic E-state index is 0.0758. The molecule has 0 saturated carbocycles. The number of methoxy groups -OCH3 is 1. The Morgan fingerprint density at radius 3 is 2.88 bits per heavy atom. The van der Waals surface area contributed by atoms with Crippen molar-refractivity contribution < 1.29 is 14.3 Å². The third kappa shape index (κ3) is 4.29. The predicted octanol–water partition coefficient (Wildman–Crippen LogP) is 2.92. The van der Waals surface area contributed by atoms with Crippen molar-refractivity contribution in [2.75, 3.05) is 13.7 Å². The first-order valence-corrected chi connectivity index (χ1v) is 8.26. The van der Waals surface area contributed by atoms with Gasteiger partial charge in [-0.1, -0.05) is 6.07 Å². The molecule has 0 aliphatic heterocycles. The third-order valence-electron chi connectivity index (χ3n) is 4.18. The average Bonchev–Trinajstić information content (AvgIpc) is 3.33. The zero-order valence-corrected chi connectivity index (χ0v) is 14.4. The number of benzene rings is 1. The lowest BCUT2D eigenvalue weighted by Gasteiger charge is -2.18. The van der Waals surface area contributed by atoms with Crippen LogP contribution in [0.1, 0.15) is 36.0 Å². The van der Waals surface area contributed by atoms with E-state index in [-0.39, 0.29) is 6.04 Å². The van der Waals surface area contributed by atoms with Gasteiger partial charge in [0.2, 0.25) is 0 Å². The van der Waals surface area contributed by atoms with E-state index in [1.807, 2.05) is 29.1 Å². The summed E-state index contributed by atoms with van der Waals surface area (Å²) >= 11 is 0. The van der Waals surface area contributed by atoms with Crippen LogP contribution in [0.5, 0.6) is 5.75 Å². The molecule has 2 unspecified atom stereocenters. The Labute approximate surface area is 147 Å². The molecule has 0 radical (unpaired) electrons. The van der Waals surface area contributed by atoms with Gasteiger partial charge < -0.3 is 19.6 Å². The van der Waals surface area contributed by atoms with Crippen LogP contribution in [0.25, 0.3) is 0 Å². The Balaban J connectivity index is 1.68. The van der Waals surface area contributed by atoms with E-state index in [2.05, 4.69) is 23.4 Å². The fourth-order valence-corrected chi connectivity index (χ4v) is 2.75. The van der Waals surface area contributed by atoms with Gasteiger partial charge in [-0.05, 0) is 42.8 Å². The van der Waals surface area contributed by atoms with Crippen LogP contribution in [0.4, 0.5) is 0 Å². The van der Waals surface area contributed by atoms with E-state index in [1.165, 1.54) is 0 Å². The first kappa shape index (κ1) is 17.3. The molecule has 6 nitrogen and oxygen atoms in total. The second kappa shape index (κ2) is 8.00. The summed E-state index contributed by atoms with van der Waals surface area (Å²) in [6.07, 6.45) is 4.58. The minimum atomic E-state index is -0.667. The lowest BCUT2D eigenvalue weighted by atomic mass is 10.0. The fourth-order valence-electron chi connectivity index (χ4n) is 2.75. The summed E-state index contributed by atoms with van der Waals surface area (Å²) in [4.78, 5) is 0. The molecule has 0 aliphatic rings. The van der Waals surface area contributed by atoms with Crippen LogP contribution in [0.3, 0.4) is 0 Å². The maximum Gasteiger partial charge on any atom is 0.133 e. The van der Waals surface area contributed by atoms with E-state index in [1.54, 1.807) is 31.7 Å². The van der Waals surface area contributed by atoms with Crippen molar-refractivity contribution in [3.63, 3.8) is 0 Å². The van der Waals surface area contributed by atoms with Gasteiger partial charge in [-0.15, -0.1) is 0 Å². The smallest absolute Gasteiger partial charge is 0.133 e. The second-order valence-corrected chi connectivity index (χ2v) is 5.94. The van der Waals surface area contributed by atoms with Crippen LogP contribution in [0.15, 0.2) is 59.5 Å². The minimum Gasteiger partial charge on any atom is -0.496 e. The van der Waals surface area contributed by atoms with Crippen LogP contribution >= 0.6 is 0 Å².